The van der Waals surface area contributed by atoms with Gasteiger partial charge in [0.05, 0.1) is 0 Å². The van der Waals surface area contributed by atoms with Crippen LogP contribution in [0, 0.1) is 17.6 Å². The van der Waals surface area contributed by atoms with Gasteiger partial charge in [-0.3, -0.25) is 0 Å². The summed E-state index contributed by atoms with van der Waals surface area (Å²) in [5.41, 5.74) is -0.0960. The molecule has 0 atom stereocenters. The molecular weight excluding hydrogens is 287 g/mol. The highest BCUT2D eigenvalue weighted by atomic mass is 19.4. The Morgan fingerprint density at radius 1 is 1.00 bits per heavy atom. The maximum atomic E-state index is 13.9. The first kappa shape index (κ1) is 16.0. The minimum Gasteiger partial charge on any atom is -0.206 e. The van der Waals surface area contributed by atoms with Crippen molar-refractivity contribution in [3.63, 3.8) is 0 Å². The van der Waals surface area contributed by atoms with Gasteiger partial charge in [0.2, 0.25) is 0 Å². The van der Waals surface area contributed by atoms with E-state index in [9.17, 15) is 22.0 Å². The monoisotopic (exact) mass is 304 g/mol. The second-order valence-corrected chi connectivity index (χ2v) is 5.73. The van der Waals surface area contributed by atoms with Gasteiger partial charge in [-0.25, -0.2) is 8.78 Å². The van der Waals surface area contributed by atoms with Crippen LogP contribution >= 0.6 is 0 Å². The number of halogens is 5. The van der Waals surface area contributed by atoms with Gasteiger partial charge in [0.25, 0.3) is 0 Å². The zero-order valence-electron chi connectivity index (χ0n) is 11.7. The molecule has 116 valence electrons. The Hall–Kier alpha value is -1.39. The van der Waals surface area contributed by atoms with Gasteiger partial charge in [0, 0.05) is 11.6 Å². The first-order valence-corrected chi connectivity index (χ1v) is 7.01. The smallest absolute Gasteiger partial charge is 0.206 e. The molecule has 0 aliphatic heterocycles. The number of allylic oxidation sites excluding steroid dienone is 1. The van der Waals surface area contributed by atoms with E-state index in [-0.39, 0.29) is 12.0 Å². The first-order valence-electron chi connectivity index (χ1n) is 7.01. The summed E-state index contributed by atoms with van der Waals surface area (Å²) in [6.45, 7) is 2.14. The van der Waals surface area contributed by atoms with Crippen molar-refractivity contribution in [1.82, 2.24) is 0 Å². The van der Waals surface area contributed by atoms with E-state index in [1.54, 1.807) is 0 Å². The average Bonchev–Trinajstić information content (AvgIpc) is 2.37. The Morgan fingerprint density at radius 2 is 1.52 bits per heavy atom. The zero-order valence-corrected chi connectivity index (χ0v) is 11.7. The first-order chi connectivity index (χ1) is 9.76. The van der Waals surface area contributed by atoms with Crippen LogP contribution in [0.5, 0.6) is 0 Å². The lowest BCUT2D eigenvalue weighted by molar-refractivity contribution is -0.0790. The van der Waals surface area contributed by atoms with Crippen molar-refractivity contribution in [2.45, 2.75) is 44.7 Å². The van der Waals surface area contributed by atoms with E-state index in [4.69, 9.17) is 0 Å². The van der Waals surface area contributed by atoms with E-state index in [1.165, 1.54) is 12.1 Å². The summed E-state index contributed by atoms with van der Waals surface area (Å²) in [7, 11) is 0. The molecule has 0 amide bonds. The van der Waals surface area contributed by atoms with E-state index in [1.807, 2.05) is 0 Å². The van der Waals surface area contributed by atoms with Gasteiger partial charge in [-0.05, 0) is 48.4 Å². The molecule has 1 fully saturated rings. The van der Waals surface area contributed by atoms with Crippen molar-refractivity contribution in [3.05, 3.63) is 41.0 Å². The van der Waals surface area contributed by atoms with Gasteiger partial charge in [0.1, 0.15) is 11.6 Å². The van der Waals surface area contributed by atoms with Crippen LogP contribution in [0.3, 0.4) is 0 Å². The number of hydrogen-bond donors (Lipinski definition) is 0. The molecule has 0 heterocycles. The van der Waals surface area contributed by atoms with Crippen LogP contribution in [-0.2, 0) is 0 Å². The molecule has 0 bridgehead atoms. The highest BCUT2D eigenvalue weighted by Crippen LogP contribution is 2.36. The molecule has 1 aromatic rings. The van der Waals surface area contributed by atoms with Crippen LogP contribution in [0.4, 0.5) is 22.0 Å². The topological polar surface area (TPSA) is 0 Å². The van der Waals surface area contributed by atoms with Gasteiger partial charge < -0.3 is 0 Å². The largest absolute Gasteiger partial charge is 0.409 e. The van der Waals surface area contributed by atoms with E-state index in [0.717, 1.165) is 25.7 Å². The summed E-state index contributed by atoms with van der Waals surface area (Å²) in [5.74, 6) is -1.18. The van der Waals surface area contributed by atoms with E-state index in [2.05, 4.69) is 6.92 Å². The van der Waals surface area contributed by atoms with Crippen LogP contribution in [-0.4, -0.2) is 6.18 Å². The molecule has 1 saturated carbocycles. The Morgan fingerprint density at radius 3 is 2.00 bits per heavy atom. The molecule has 5 heteroatoms. The van der Waals surface area contributed by atoms with Crippen molar-refractivity contribution < 1.29 is 22.0 Å². The van der Waals surface area contributed by atoms with Crippen molar-refractivity contribution in [2.75, 3.05) is 0 Å². The van der Waals surface area contributed by atoms with E-state index < -0.39 is 23.4 Å². The minimum atomic E-state index is -4.59. The Bertz CT molecular complexity index is 499. The average molecular weight is 304 g/mol. The third-order valence-electron chi connectivity index (χ3n) is 4.03. The Balaban J connectivity index is 2.23. The van der Waals surface area contributed by atoms with Gasteiger partial charge in [-0.15, -0.1) is 0 Å². The second kappa shape index (κ2) is 6.16. The van der Waals surface area contributed by atoms with Crippen molar-refractivity contribution >= 4 is 6.08 Å². The van der Waals surface area contributed by atoms with E-state index >= 15 is 0 Å². The van der Waals surface area contributed by atoms with Gasteiger partial charge >= 0.3 is 6.18 Å². The highest BCUT2D eigenvalue weighted by molar-refractivity contribution is 5.52. The molecule has 0 spiro atoms. The summed E-state index contributed by atoms with van der Waals surface area (Å²) in [6.07, 6.45) is -0.576. The maximum absolute atomic E-state index is 13.9. The molecule has 1 aromatic carbocycles. The Labute approximate surface area is 120 Å². The fraction of sp³-hybridized carbons (Fsp3) is 0.500. The van der Waals surface area contributed by atoms with Gasteiger partial charge in [-0.1, -0.05) is 19.8 Å². The van der Waals surface area contributed by atoms with Crippen molar-refractivity contribution in [1.29, 1.82) is 0 Å². The molecule has 0 aromatic heterocycles. The lowest BCUT2D eigenvalue weighted by Crippen LogP contribution is -2.11. The molecule has 0 nitrogen and oxygen atoms in total. The molecule has 2 rings (SSSR count). The summed E-state index contributed by atoms with van der Waals surface area (Å²) in [4.78, 5) is 0. The fourth-order valence-corrected chi connectivity index (χ4v) is 2.77. The molecule has 0 radical (unpaired) electrons. The normalized spacial score (nSPS) is 23.7. The number of rotatable bonds is 2. The van der Waals surface area contributed by atoms with Crippen LogP contribution < -0.4 is 0 Å². The number of hydrogen-bond acceptors (Lipinski definition) is 0. The third-order valence-corrected chi connectivity index (χ3v) is 4.03. The molecule has 1 aliphatic rings. The van der Waals surface area contributed by atoms with Gasteiger partial charge in [0.15, 0.2) is 0 Å². The molecule has 0 N–H and O–H groups in total. The standard InChI is InChI=1S/C16H17F5/c1-10-2-4-11(5-3-10)12-8-14(17)13(15(18)9-12)6-7-16(19,20)21/h6-11H,2-5H2,1H3/b7-6+. The van der Waals surface area contributed by atoms with Gasteiger partial charge in [-0.2, -0.15) is 13.2 Å². The minimum absolute atomic E-state index is 0.0887. The quantitative estimate of drug-likeness (QED) is 0.603. The summed E-state index contributed by atoms with van der Waals surface area (Å²) >= 11 is 0. The van der Waals surface area contributed by atoms with E-state index in [0.29, 0.717) is 17.6 Å². The summed E-state index contributed by atoms with van der Waals surface area (Å²) in [6, 6.07) is 2.33. The highest BCUT2D eigenvalue weighted by Gasteiger charge is 2.24. The number of alkyl halides is 3. The van der Waals surface area contributed by atoms with Crippen molar-refractivity contribution in [3.8, 4) is 0 Å². The third kappa shape index (κ3) is 4.29. The molecule has 0 saturated heterocycles. The van der Waals surface area contributed by atoms with Crippen LogP contribution in [0.2, 0.25) is 0 Å². The molecule has 1 aliphatic carbocycles. The Kier molecular flexibility index (Phi) is 4.69. The summed E-state index contributed by atoms with van der Waals surface area (Å²) in [5, 5.41) is 0. The maximum Gasteiger partial charge on any atom is 0.409 e. The zero-order chi connectivity index (χ0) is 15.6. The van der Waals surface area contributed by atoms with Crippen LogP contribution in [0.25, 0.3) is 6.08 Å². The van der Waals surface area contributed by atoms with Crippen LogP contribution in [0.1, 0.15) is 49.7 Å². The molecule has 0 unspecified atom stereocenters. The lowest BCUT2D eigenvalue weighted by atomic mass is 9.79. The lowest BCUT2D eigenvalue weighted by Gasteiger charge is -2.26. The van der Waals surface area contributed by atoms with Crippen molar-refractivity contribution in [2.24, 2.45) is 5.92 Å². The second-order valence-electron chi connectivity index (χ2n) is 5.73. The number of benzene rings is 1. The predicted octanol–water partition coefficient (Wildman–Crippen LogP) is 5.83. The fourth-order valence-electron chi connectivity index (χ4n) is 2.77. The predicted molar refractivity (Wildman–Crippen MR) is 71.8 cm³/mol. The summed E-state index contributed by atoms with van der Waals surface area (Å²) < 4.78 is 64.0. The SMILES string of the molecule is CC1CCC(c2cc(F)c(/C=C/C(F)(F)F)c(F)c2)CC1. The van der Waals surface area contributed by atoms with Crippen LogP contribution in [0.15, 0.2) is 18.2 Å². The molecule has 21 heavy (non-hydrogen) atoms. The molecular formula is C16H17F5.